The monoisotopic (exact) mass is 283 g/mol. The Morgan fingerprint density at radius 2 is 1.95 bits per heavy atom. The third kappa shape index (κ3) is 3.92. The zero-order valence-electron chi connectivity index (χ0n) is 12.4. The first kappa shape index (κ1) is 13.8. The number of aromatic nitrogens is 2. The lowest BCUT2D eigenvalue weighted by atomic mass is 10.2. The molecule has 1 aromatic heterocycles. The summed E-state index contributed by atoms with van der Waals surface area (Å²) in [5, 5.41) is 6.62. The van der Waals surface area contributed by atoms with Crippen molar-refractivity contribution in [3.05, 3.63) is 53.6 Å². The zero-order chi connectivity index (χ0) is 14.5. The standard InChI is InChI=1S/C16H21N5/c1-14-17-11-16(19-14)12-18-21-9-7-20(8-10-21)13-15-5-3-2-4-6-15/h2-6,11-12H,7-10,13H2,1H3,(H,17,19)/b18-12+. The second-order valence-corrected chi connectivity index (χ2v) is 5.37. The second kappa shape index (κ2) is 6.54. The average molecular weight is 283 g/mol. The normalized spacial score (nSPS) is 16.7. The van der Waals surface area contributed by atoms with Crippen molar-refractivity contribution in [2.75, 3.05) is 26.2 Å². The molecule has 1 aromatic carbocycles. The molecule has 1 aliphatic heterocycles. The summed E-state index contributed by atoms with van der Waals surface area (Å²) in [5.74, 6) is 0.920. The zero-order valence-corrected chi connectivity index (χ0v) is 12.4. The maximum Gasteiger partial charge on any atom is 0.103 e. The van der Waals surface area contributed by atoms with Crippen LogP contribution in [0.15, 0.2) is 41.6 Å². The number of rotatable bonds is 4. The van der Waals surface area contributed by atoms with Crippen LogP contribution in [0.1, 0.15) is 17.1 Å². The van der Waals surface area contributed by atoms with E-state index in [1.165, 1.54) is 5.56 Å². The summed E-state index contributed by atoms with van der Waals surface area (Å²) in [6.45, 7) is 6.99. The molecule has 0 amide bonds. The van der Waals surface area contributed by atoms with Crippen molar-refractivity contribution in [2.24, 2.45) is 5.10 Å². The molecule has 0 spiro atoms. The Balaban J connectivity index is 1.48. The molecule has 0 aliphatic carbocycles. The SMILES string of the molecule is Cc1nc(/C=N/N2CCN(Cc3ccccc3)CC2)c[nH]1. The van der Waals surface area contributed by atoms with Crippen LogP contribution in [0.2, 0.25) is 0 Å². The van der Waals surface area contributed by atoms with Crippen LogP contribution < -0.4 is 0 Å². The third-order valence-corrected chi connectivity index (χ3v) is 3.68. The minimum Gasteiger partial charge on any atom is -0.348 e. The van der Waals surface area contributed by atoms with Gasteiger partial charge in [-0.3, -0.25) is 9.91 Å². The number of hydrogen-bond acceptors (Lipinski definition) is 4. The van der Waals surface area contributed by atoms with Crippen LogP contribution in [-0.2, 0) is 6.54 Å². The van der Waals surface area contributed by atoms with E-state index >= 15 is 0 Å². The van der Waals surface area contributed by atoms with E-state index in [1.54, 1.807) is 0 Å². The molecular weight excluding hydrogens is 262 g/mol. The highest BCUT2D eigenvalue weighted by Crippen LogP contribution is 2.08. The lowest BCUT2D eigenvalue weighted by molar-refractivity contribution is 0.131. The number of nitrogens with one attached hydrogen (secondary N) is 1. The highest BCUT2D eigenvalue weighted by atomic mass is 15.5. The van der Waals surface area contributed by atoms with Crippen LogP contribution in [0.25, 0.3) is 0 Å². The Morgan fingerprint density at radius 1 is 1.19 bits per heavy atom. The highest BCUT2D eigenvalue weighted by molar-refractivity contribution is 5.76. The number of hydrogen-bond donors (Lipinski definition) is 1. The number of benzene rings is 1. The van der Waals surface area contributed by atoms with Gasteiger partial charge in [0, 0.05) is 38.9 Å². The van der Waals surface area contributed by atoms with Crippen LogP contribution in [0, 0.1) is 6.92 Å². The Hall–Kier alpha value is -2.14. The number of H-pyrrole nitrogens is 1. The van der Waals surface area contributed by atoms with Gasteiger partial charge in [-0.25, -0.2) is 4.98 Å². The van der Waals surface area contributed by atoms with E-state index in [0.717, 1.165) is 44.2 Å². The molecule has 1 saturated heterocycles. The number of nitrogens with zero attached hydrogens (tertiary/aromatic N) is 4. The topological polar surface area (TPSA) is 47.5 Å². The van der Waals surface area contributed by atoms with E-state index in [4.69, 9.17) is 0 Å². The van der Waals surface area contributed by atoms with E-state index in [-0.39, 0.29) is 0 Å². The molecular formula is C16H21N5. The van der Waals surface area contributed by atoms with Crippen LogP contribution in [0.4, 0.5) is 0 Å². The average Bonchev–Trinajstić information content (AvgIpc) is 2.93. The second-order valence-electron chi connectivity index (χ2n) is 5.37. The van der Waals surface area contributed by atoms with E-state index in [1.807, 2.05) is 19.3 Å². The molecule has 0 unspecified atom stereocenters. The minimum atomic E-state index is 0.888. The molecule has 1 aliphatic rings. The molecule has 1 fully saturated rings. The molecule has 5 nitrogen and oxygen atoms in total. The van der Waals surface area contributed by atoms with Gasteiger partial charge in [0.2, 0.25) is 0 Å². The van der Waals surface area contributed by atoms with Gasteiger partial charge in [-0.15, -0.1) is 0 Å². The fourth-order valence-electron chi connectivity index (χ4n) is 2.50. The van der Waals surface area contributed by atoms with Crippen molar-refractivity contribution in [1.82, 2.24) is 19.9 Å². The van der Waals surface area contributed by atoms with Gasteiger partial charge in [0.15, 0.2) is 0 Å². The first-order chi connectivity index (χ1) is 10.3. The fraction of sp³-hybridized carbons (Fsp3) is 0.375. The van der Waals surface area contributed by atoms with Crippen LogP contribution in [-0.4, -0.2) is 52.3 Å². The van der Waals surface area contributed by atoms with Gasteiger partial charge in [-0.05, 0) is 12.5 Å². The predicted molar refractivity (Wildman–Crippen MR) is 84.2 cm³/mol. The van der Waals surface area contributed by atoms with Crippen molar-refractivity contribution in [3.8, 4) is 0 Å². The number of hydrazone groups is 1. The predicted octanol–water partition coefficient (Wildman–Crippen LogP) is 1.87. The van der Waals surface area contributed by atoms with Crippen LogP contribution >= 0.6 is 0 Å². The molecule has 0 bridgehead atoms. The van der Waals surface area contributed by atoms with E-state index in [2.05, 4.69) is 55.3 Å². The third-order valence-electron chi connectivity index (χ3n) is 3.68. The number of aryl methyl sites for hydroxylation is 1. The van der Waals surface area contributed by atoms with Crippen molar-refractivity contribution >= 4 is 6.21 Å². The van der Waals surface area contributed by atoms with Gasteiger partial charge in [0.1, 0.15) is 11.5 Å². The maximum atomic E-state index is 4.51. The van der Waals surface area contributed by atoms with E-state index < -0.39 is 0 Å². The summed E-state index contributed by atoms with van der Waals surface area (Å²) in [4.78, 5) is 9.86. The van der Waals surface area contributed by atoms with Gasteiger partial charge in [-0.2, -0.15) is 5.10 Å². The Bertz CT molecular complexity index is 582. The summed E-state index contributed by atoms with van der Waals surface area (Å²) < 4.78 is 0. The minimum absolute atomic E-state index is 0.888. The molecule has 1 N–H and O–H groups in total. The number of aromatic amines is 1. The molecule has 2 heterocycles. The molecule has 3 rings (SSSR count). The first-order valence-corrected chi connectivity index (χ1v) is 7.37. The summed E-state index contributed by atoms with van der Waals surface area (Å²) in [5.41, 5.74) is 2.26. The van der Waals surface area contributed by atoms with Crippen molar-refractivity contribution in [3.63, 3.8) is 0 Å². The molecule has 21 heavy (non-hydrogen) atoms. The fourth-order valence-corrected chi connectivity index (χ4v) is 2.50. The van der Waals surface area contributed by atoms with Crippen molar-refractivity contribution < 1.29 is 0 Å². The maximum absolute atomic E-state index is 4.51. The number of piperazine rings is 1. The molecule has 0 radical (unpaired) electrons. The van der Waals surface area contributed by atoms with Crippen molar-refractivity contribution in [1.29, 1.82) is 0 Å². The Morgan fingerprint density at radius 3 is 2.62 bits per heavy atom. The summed E-state index contributed by atoms with van der Waals surface area (Å²) in [6, 6.07) is 10.6. The summed E-state index contributed by atoms with van der Waals surface area (Å²) in [6.07, 6.45) is 3.71. The van der Waals surface area contributed by atoms with Gasteiger partial charge in [0.25, 0.3) is 0 Å². The largest absolute Gasteiger partial charge is 0.348 e. The van der Waals surface area contributed by atoms with Crippen LogP contribution in [0.5, 0.6) is 0 Å². The molecule has 2 aromatic rings. The quantitative estimate of drug-likeness (QED) is 0.871. The Labute approximate surface area is 125 Å². The van der Waals surface area contributed by atoms with E-state index in [9.17, 15) is 0 Å². The molecule has 5 heteroatoms. The van der Waals surface area contributed by atoms with Gasteiger partial charge in [0.05, 0.1) is 6.21 Å². The highest BCUT2D eigenvalue weighted by Gasteiger charge is 2.15. The van der Waals surface area contributed by atoms with Crippen LogP contribution in [0.3, 0.4) is 0 Å². The summed E-state index contributed by atoms with van der Waals surface area (Å²) >= 11 is 0. The van der Waals surface area contributed by atoms with Crippen molar-refractivity contribution in [2.45, 2.75) is 13.5 Å². The van der Waals surface area contributed by atoms with Gasteiger partial charge < -0.3 is 4.98 Å². The lowest BCUT2D eigenvalue weighted by Crippen LogP contribution is -2.43. The smallest absolute Gasteiger partial charge is 0.103 e. The lowest BCUT2D eigenvalue weighted by Gasteiger charge is -2.32. The number of imidazole rings is 1. The van der Waals surface area contributed by atoms with E-state index in [0.29, 0.717) is 0 Å². The molecule has 0 saturated carbocycles. The molecule has 0 atom stereocenters. The summed E-state index contributed by atoms with van der Waals surface area (Å²) in [7, 11) is 0. The first-order valence-electron chi connectivity index (χ1n) is 7.37. The van der Waals surface area contributed by atoms with Gasteiger partial charge in [-0.1, -0.05) is 30.3 Å². The Kier molecular flexibility index (Phi) is 4.31. The molecule has 110 valence electrons. The van der Waals surface area contributed by atoms with Gasteiger partial charge >= 0.3 is 0 Å².